The lowest BCUT2D eigenvalue weighted by Crippen LogP contribution is -2.18. The van der Waals surface area contributed by atoms with Crippen LogP contribution in [0.25, 0.3) is 0 Å². The van der Waals surface area contributed by atoms with Gasteiger partial charge in [0.15, 0.2) is 5.66 Å². The largest absolute Gasteiger partial charge is 0.194 e. The summed E-state index contributed by atoms with van der Waals surface area (Å²) in [4.78, 5) is 0. The van der Waals surface area contributed by atoms with Crippen LogP contribution in [0.4, 0.5) is 0 Å². The van der Waals surface area contributed by atoms with Crippen molar-refractivity contribution in [3.63, 3.8) is 0 Å². The van der Waals surface area contributed by atoms with E-state index in [0.29, 0.717) is 5.92 Å². The second-order valence-corrected chi connectivity index (χ2v) is 2.94. The summed E-state index contributed by atoms with van der Waals surface area (Å²) in [6.45, 7) is 4.24. The van der Waals surface area contributed by atoms with Gasteiger partial charge in [0.2, 0.25) is 0 Å². The predicted octanol–water partition coefficient (Wildman–Crippen LogP) is 2.22. The average molecular weight is 136 g/mol. The molecule has 54 valence electrons. The molecule has 0 aliphatic carbocycles. The number of rotatable bonds is 3. The summed E-state index contributed by atoms with van der Waals surface area (Å²) in [5, 5.41) is 8.00. The van der Waals surface area contributed by atoms with Gasteiger partial charge in [-0.2, -0.15) is 10.2 Å². The molecule has 10 heavy (non-hydrogen) atoms. The van der Waals surface area contributed by atoms with E-state index in [2.05, 4.69) is 30.0 Å². The standard InChI is InChI=1S/C8H12N2/c1-4-5-6-8(7(2)3)9-10-8/h1,7H,5-6H2,2-3H3. The Kier molecular flexibility index (Phi) is 1.76. The van der Waals surface area contributed by atoms with Crippen molar-refractivity contribution >= 4 is 0 Å². The molecule has 1 rings (SSSR count). The van der Waals surface area contributed by atoms with Crippen molar-refractivity contribution < 1.29 is 0 Å². The van der Waals surface area contributed by atoms with Gasteiger partial charge in [-0.15, -0.1) is 12.3 Å². The quantitative estimate of drug-likeness (QED) is 0.531. The number of nitrogens with zero attached hydrogens (tertiary/aromatic N) is 2. The van der Waals surface area contributed by atoms with Gasteiger partial charge in [-0.25, -0.2) is 0 Å². The Balaban J connectivity index is 2.33. The van der Waals surface area contributed by atoms with Gasteiger partial charge in [0.25, 0.3) is 0 Å². The minimum Gasteiger partial charge on any atom is -0.159 e. The van der Waals surface area contributed by atoms with E-state index in [1.54, 1.807) is 0 Å². The summed E-state index contributed by atoms with van der Waals surface area (Å²) in [6.07, 6.45) is 6.83. The Morgan fingerprint density at radius 3 is 2.40 bits per heavy atom. The fraction of sp³-hybridized carbons (Fsp3) is 0.750. The minimum absolute atomic E-state index is 0.0909. The fourth-order valence-electron chi connectivity index (χ4n) is 0.940. The number of hydrogen-bond acceptors (Lipinski definition) is 2. The first-order valence-electron chi connectivity index (χ1n) is 3.59. The summed E-state index contributed by atoms with van der Waals surface area (Å²) < 4.78 is 0. The molecule has 0 unspecified atom stereocenters. The molecule has 2 heteroatoms. The third-order valence-corrected chi connectivity index (χ3v) is 1.92. The average Bonchev–Trinajstić information content (AvgIpc) is 2.64. The van der Waals surface area contributed by atoms with Crippen LogP contribution >= 0.6 is 0 Å². The lowest BCUT2D eigenvalue weighted by atomic mass is 9.96. The van der Waals surface area contributed by atoms with E-state index in [4.69, 9.17) is 6.42 Å². The van der Waals surface area contributed by atoms with Gasteiger partial charge >= 0.3 is 0 Å². The summed E-state index contributed by atoms with van der Waals surface area (Å²) in [6, 6.07) is 0. The molecule has 0 aromatic heterocycles. The van der Waals surface area contributed by atoms with E-state index in [9.17, 15) is 0 Å². The Bertz CT molecular complexity index is 180. The van der Waals surface area contributed by atoms with Crippen molar-refractivity contribution in [2.75, 3.05) is 0 Å². The van der Waals surface area contributed by atoms with Crippen LogP contribution in [0.5, 0.6) is 0 Å². The Hall–Kier alpha value is -0.840. The van der Waals surface area contributed by atoms with Crippen LogP contribution in [-0.4, -0.2) is 5.66 Å². The van der Waals surface area contributed by atoms with Gasteiger partial charge in [-0.3, -0.25) is 0 Å². The van der Waals surface area contributed by atoms with Gasteiger partial charge in [0.1, 0.15) is 0 Å². The van der Waals surface area contributed by atoms with Gasteiger partial charge in [0.05, 0.1) is 0 Å². The van der Waals surface area contributed by atoms with Gasteiger partial charge < -0.3 is 0 Å². The SMILES string of the molecule is C#CCCC1(C(C)C)N=N1. The zero-order valence-corrected chi connectivity index (χ0v) is 6.46. The third-order valence-electron chi connectivity index (χ3n) is 1.92. The smallest absolute Gasteiger partial charge is 0.159 e. The maximum atomic E-state index is 5.13. The maximum absolute atomic E-state index is 5.13. The van der Waals surface area contributed by atoms with Gasteiger partial charge in [-0.05, 0) is 0 Å². The summed E-state index contributed by atoms with van der Waals surface area (Å²) in [5.41, 5.74) is -0.0909. The predicted molar refractivity (Wildman–Crippen MR) is 40.5 cm³/mol. The van der Waals surface area contributed by atoms with E-state index < -0.39 is 0 Å². The molecule has 2 nitrogen and oxygen atoms in total. The van der Waals surface area contributed by atoms with Crippen LogP contribution in [0.15, 0.2) is 10.2 Å². The van der Waals surface area contributed by atoms with E-state index in [0.717, 1.165) is 12.8 Å². The Morgan fingerprint density at radius 1 is 1.50 bits per heavy atom. The highest BCUT2D eigenvalue weighted by molar-refractivity contribution is 4.99. The zero-order valence-electron chi connectivity index (χ0n) is 6.46. The van der Waals surface area contributed by atoms with Crippen molar-refractivity contribution in [1.82, 2.24) is 0 Å². The molecule has 0 atom stereocenters. The van der Waals surface area contributed by atoms with Crippen molar-refractivity contribution in [3.8, 4) is 12.3 Å². The molecule has 0 fully saturated rings. The Labute approximate surface area is 61.7 Å². The van der Waals surface area contributed by atoms with Crippen LogP contribution in [0, 0.1) is 18.3 Å². The van der Waals surface area contributed by atoms with E-state index >= 15 is 0 Å². The maximum Gasteiger partial charge on any atom is 0.194 e. The van der Waals surface area contributed by atoms with E-state index in [1.165, 1.54) is 0 Å². The first-order chi connectivity index (χ1) is 4.71. The molecule has 0 bridgehead atoms. The summed E-state index contributed by atoms with van der Waals surface area (Å²) in [7, 11) is 0. The first-order valence-corrected chi connectivity index (χ1v) is 3.59. The molecule has 0 N–H and O–H groups in total. The van der Waals surface area contributed by atoms with Crippen molar-refractivity contribution in [2.45, 2.75) is 32.4 Å². The van der Waals surface area contributed by atoms with Crippen molar-refractivity contribution in [1.29, 1.82) is 0 Å². The third kappa shape index (κ3) is 1.18. The second-order valence-electron chi connectivity index (χ2n) is 2.94. The summed E-state index contributed by atoms with van der Waals surface area (Å²) in [5.74, 6) is 3.10. The highest BCUT2D eigenvalue weighted by Gasteiger charge is 2.42. The molecule has 1 heterocycles. The first kappa shape index (κ1) is 7.27. The van der Waals surface area contributed by atoms with E-state index in [-0.39, 0.29) is 5.66 Å². The topological polar surface area (TPSA) is 24.7 Å². The molecule has 0 amide bonds. The van der Waals surface area contributed by atoms with Crippen molar-refractivity contribution in [2.24, 2.45) is 16.1 Å². The molecular formula is C8H12N2. The second kappa shape index (κ2) is 2.42. The molecule has 1 aliphatic rings. The normalized spacial score (nSPS) is 19.0. The lowest BCUT2D eigenvalue weighted by molar-refractivity contribution is 0.411. The number of hydrogen-bond donors (Lipinski definition) is 0. The van der Waals surface area contributed by atoms with Crippen LogP contribution in [0.1, 0.15) is 26.7 Å². The fourth-order valence-corrected chi connectivity index (χ4v) is 0.940. The molecular weight excluding hydrogens is 124 g/mol. The van der Waals surface area contributed by atoms with Gasteiger partial charge in [-0.1, -0.05) is 13.8 Å². The highest BCUT2D eigenvalue weighted by Crippen LogP contribution is 2.39. The van der Waals surface area contributed by atoms with Crippen LogP contribution in [-0.2, 0) is 0 Å². The number of terminal acetylenes is 1. The molecule has 0 spiro atoms. The summed E-state index contributed by atoms with van der Waals surface area (Å²) >= 11 is 0. The van der Waals surface area contributed by atoms with E-state index in [1.807, 2.05) is 0 Å². The van der Waals surface area contributed by atoms with Crippen LogP contribution < -0.4 is 0 Å². The lowest BCUT2D eigenvalue weighted by Gasteiger charge is -2.11. The Morgan fingerprint density at radius 2 is 2.10 bits per heavy atom. The van der Waals surface area contributed by atoms with Gasteiger partial charge in [0, 0.05) is 18.8 Å². The molecule has 0 saturated carbocycles. The minimum atomic E-state index is -0.0909. The molecule has 1 aliphatic heterocycles. The van der Waals surface area contributed by atoms with Crippen LogP contribution in [0.2, 0.25) is 0 Å². The molecule has 0 aromatic carbocycles. The van der Waals surface area contributed by atoms with Crippen molar-refractivity contribution in [3.05, 3.63) is 0 Å². The highest BCUT2D eigenvalue weighted by atomic mass is 15.4. The molecule has 0 saturated heterocycles. The monoisotopic (exact) mass is 136 g/mol. The zero-order chi connectivity index (χ0) is 7.61. The molecule has 0 aromatic rings. The van der Waals surface area contributed by atoms with Crippen LogP contribution in [0.3, 0.4) is 0 Å². The molecule has 0 radical (unpaired) electrons.